The van der Waals surface area contributed by atoms with Crippen LogP contribution in [0.5, 0.6) is 0 Å². The van der Waals surface area contributed by atoms with Crippen LogP contribution in [0.3, 0.4) is 0 Å². The minimum Gasteiger partial charge on any atom is -0.399 e. The van der Waals surface area contributed by atoms with Gasteiger partial charge in [-0.2, -0.15) is 10.2 Å². The maximum atomic E-state index is 5.62. The van der Waals surface area contributed by atoms with Crippen LogP contribution in [0.15, 0.2) is 36.7 Å². The molecule has 0 aromatic carbocycles. The normalized spacial score (nSPS) is 9.87. The van der Waals surface area contributed by atoms with Gasteiger partial charge in [-0.3, -0.25) is 0 Å². The first-order valence-electron chi connectivity index (χ1n) is 4.56. The lowest BCUT2D eigenvalue weighted by molar-refractivity contribution is 0.921. The fourth-order valence-corrected chi connectivity index (χ4v) is 1.15. The van der Waals surface area contributed by atoms with Crippen LogP contribution in [0.2, 0.25) is 0 Å². The highest BCUT2D eigenvalue weighted by Crippen LogP contribution is 2.08. The van der Waals surface area contributed by atoms with Crippen LogP contribution in [-0.2, 0) is 6.54 Å². The van der Waals surface area contributed by atoms with E-state index in [-0.39, 0.29) is 0 Å². The van der Waals surface area contributed by atoms with Gasteiger partial charge in [0.1, 0.15) is 5.82 Å². The summed E-state index contributed by atoms with van der Waals surface area (Å²) in [6.07, 6.45) is 3.30. The van der Waals surface area contributed by atoms with Crippen LogP contribution in [0, 0.1) is 0 Å². The molecule has 5 nitrogen and oxygen atoms in total. The Morgan fingerprint density at radius 2 is 2.20 bits per heavy atom. The van der Waals surface area contributed by atoms with Crippen molar-refractivity contribution in [1.82, 2.24) is 15.2 Å². The van der Waals surface area contributed by atoms with E-state index in [1.165, 1.54) is 0 Å². The van der Waals surface area contributed by atoms with Crippen molar-refractivity contribution in [1.29, 1.82) is 0 Å². The quantitative estimate of drug-likeness (QED) is 0.776. The van der Waals surface area contributed by atoms with E-state index < -0.39 is 0 Å². The van der Waals surface area contributed by atoms with Gasteiger partial charge in [-0.05, 0) is 18.2 Å². The molecule has 0 atom stereocenters. The molecule has 2 heterocycles. The maximum absolute atomic E-state index is 5.62. The standard InChI is InChI=1S/C10H11N5/c11-8-3-5-12-10(6-8)13-7-9-2-1-4-14-15-9/h1-6H,7H2,(H3,11,12,13). The highest BCUT2D eigenvalue weighted by atomic mass is 15.1. The number of nitrogens with one attached hydrogen (secondary N) is 1. The summed E-state index contributed by atoms with van der Waals surface area (Å²) < 4.78 is 0. The van der Waals surface area contributed by atoms with E-state index in [0.717, 1.165) is 11.5 Å². The molecular formula is C10H11N5. The number of nitrogens with zero attached hydrogens (tertiary/aromatic N) is 3. The Morgan fingerprint density at radius 3 is 2.93 bits per heavy atom. The predicted octanol–water partition coefficient (Wildman–Crippen LogP) is 1.07. The van der Waals surface area contributed by atoms with Gasteiger partial charge < -0.3 is 11.1 Å². The van der Waals surface area contributed by atoms with E-state index in [1.54, 1.807) is 24.5 Å². The number of aromatic nitrogens is 3. The van der Waals surface area contributed by atoms with Crippen LogP contribution >= 0.6 is 0 Å². The molecule has 2 aromatic heterocycles. The fraction of sp³-hybridized carbons (Fsp3) is 0.100. The Balaban J connectivity index is 1.99. The molecule has 0 amide bonds. The summed E-state index contributed by atoms with van der Waals surface area (Å²) in [6, 6.07) is 7.26. The van der Waals surface area contributed by atoms with E-state index in [0.29, 0.717) is 12.2 Å². The van der Waals surface area contributed by atoms with Crippen LogP contribution in [-0.4, -0.2) is 15.2 Å². The third-order valence-corrected chi connectivity index (χ3v) is 1.86. The maximum Gasteiger partial charge on any atom is 0.128 e. The minimum atomic E-state index is 0.588. The summed E-state index contributed by atoms with van der Waals surface area (Å²) in [7, 11) is 0. The van der Waals surface area contributed by atoms with Gasteiger partial charge in [0.2, 0.25) is 0 Å². The summed E-state index contributed by atoms with van der Waals surface area (Å²) in [5.74, 6) is 0.737. The van der Waals surface area contributed by atoms with Crippen molar-refractivity contribution in [3.8, 4) is 0 Å². The smallest absolute Gasteiger partial charge is 0.128 e. The van der Waals surface area contributed by atoms with Crippen molar-refractivity contribution >= 4 is 11.5 Å². The van der Waals surface area contributed by atoms with Crippen LogP contribution < -0.4 is 11.1 Å². The van der Waals surface area contributed by atoms with Gasteiger partial charge in [-0.15, -0.1) is 0 Å². The van der Waals surface area contributed by atoms with E-state index in [9.17, 15) is 0 Å². The number of hydrogen-bond donors (Lipinski definition) is 2. The van der Waals surface area contributed by atoms with Crippen LogP contribution in [0.1, 0.15) is 5.69 Å². The topological polar surface area (TPSA) is 76.7 Å². The van der Waals surface area contributed by atoms with Gasteiger partial charge in [0.25, 0.3) is 0 Å². The molecule has 2 rings (SSSR count). The lowest BCUT2D eigenvalue weighted by atomic mass is 10.3. The molecule has 2 aromatic rings. The lowest BCUT2D eigenvalue weighted by Crippen LogP contribution is -2.03. The second-order valence-corrected chi connectivity index (χ2v) is 3.04. The first-order chi connectivity index (χ1) is 7.34. The van der Waals surface area contributed by atoms with Crippen molar-refractivity contribution in [3.05, 3.63) is 42.4 Å². The number of anilines is 2. The first kappa shape index (κ1) is 9.39. The Bertz CT molecular complexity index is 429. The second kappa shape index (κ2) is 4.36. The molecule has 0 unspecified atom stereocenters. The third-order valence-electron chi connectivity index (χ3n) is 1.86. The highest BCUT2D eigenvalue weighted by molar-refractivity contribution is 5.48. The summed E-state index contributed by atoms with van der Waals surface area (Å²) >= 11 is 0. The number of pyridine rings is 1. The Hall–Kier alpha value is -2.17. The fourth-order valence-electron chi connectivity index (χ4n) is 1.15. The Labute approximate surface area is 87.4 Å². The molecule has 0 aliphatic carbocycles. The monoisotopic (exact) mass is 201 g/mol. The van der Waals surface area contributed by atoms with Gasteiger partial charge in [0.05, 0.1) is 12.2 Å². The van der Waals surface area contributed by atoms with Crippen LogP contribution in [0.25, 0.3) is 0 Å². The zero-order valence-corrected chi connectivity index (χ0v) is 8.09. The average molecular weight is 201 g/mol. The molecule has 0 saturated carbocycles. The van der Waals surface area contributed by atoms with Crippen molar-refractivity contribution in [2.75, 3.05) is 11.1 Å². The molecule has 0 spiro atoms. The molecule has 0 saturated heterocycles. The minimum absolute atomic E-state index is 0.588. The predicted molar refractivity (Wildman–Crippen MR) is 58.0 cm³/mol. The van der Waals surface area contributed by atoms with Crippen molar-refractivity contribution in [2.24, 2.45) is 0 Å². The number of rotatable bonds is 3. The molecule has 0 aliphatic heterocycles. The molecule has 0 aliphatic rings. The van der Waals surface area contributed by atoms with Crippen molar-refractivity contribution in [3.63, 3.8) is 0 Å². The van der Waals surface area contributed by atoms with Crippen LogP contribution in [0.4, 0.5) is 11.5 Å². The van der Waals surface area contributed by atoms with Gasteiger partial charge in [0, 0.05) is 24.1 Å². The molecule has 0 fully saturated rings. The molecule has 15 heavy (non-hydrogen) atoms. The SMILES string of the molecule is Nc1ccnc(NCc2cccnn2)c1. The second-order valence-electron chi connectivity index (χ2n) is 3.04. The largest absolute Gasteiger partial charge is 0.399 e. The molecular weight excluding hydrogens is 190 g/mol. The molecule has 0 radical (unpaired) electrons. The third kappa shape index (κ3) is 2.63. The van der Waals surface area contributed by atoms with Gasteiger partial charge in [0.15, 0.2) is 0 Å². The Morgan fingerprint density at radius 1 is 1.27 bits per heavy atom. The molecule has 5 heteroatoms. The van der Waals surface area contributed by atoms with E-state index in [1.807, 2.05) is 12.1 Å². The summed E-state index contributed by atoms with van der Waals surface area (Å²) in [6.45, 7) is 0.588. The first-order valence-corrected chi connectivity index (χ1v) is 4.56. The summed E-state index contributed by atoms with van der Waals surface area (Å²) in [4.78, 5) is 4.12. The number of nitrogens with two attached hydrogens (primary N) is 1. The lowest BCUT2D eigenvalue weighted by Gasteiger charge is -2.04. The average Bonchev–Trinajstić information content (AvgIpc) is 2.28. The summed E-state index contributed by atoms with van der Waals surface area (Å²) in [5.41, 5.74) is 7.17. The van der Waals surface area contributed by atoms with Crippen molar-refractivity contribution in [2.45, 2.75) is 6.54 Å². The van der Waals surface area contributed by atoms with E-state index in [2.05, 4.69) is 20.5 Å². The van der Waals surface area contributed by atoms with E-state index >= 15 is 0 Å². The number of hydrogen-bond acceptors (Lipinski definition) is 5. The van der Waals surface area contributed by atoms with E-state index in [4.69, 9.17) is 5.73 Å². The zero-order chi connectivity index (χ0) is 10.5. The molecule has 76 valence electrons. The Kier molecular flexibility index (Phi) is 2.73. The van der Waals surface area contributed by atoms with Crippen molar-refractivity contribution < 1.29 is 0 Å². The molecule has 0 bridgehead atoms. The van der Waals surface area contributed by atoms with Gasteiger partial charge in [-0.25, -0.2) is 4.98 Å². The van der Waals surface area contributed by atoms with Gasteiger partial charge >= 0.3 is 0 Å². The zero-order valence-electron chi connectivity index (χ0n) is 8.09. The molecule has 3 N–H and O–H groups in total. The number of nitrogen functional groups attached to an aromatic ring is 1. The highest BCUT2D eigenvalue weighted by Gasteiger charge is 1.96. The van der Waals surface area contributed by atoms with Gasteiger partial charge in [-0.1, -0.05) is 0 Å². The summed E-state index contributed by atoms with van der Waals surface area (Å²) in [5, 5.41) is 10.8.